The second-order valence-electron chi connectivity index (χ2n) is 2.41. The molecule has 0 rings (SSSR count). The van der Waals surface area contributed by atoms with Crippen molar-refractivity contribution in [1.82, 2.24) is 4.72 Å². The van der Waals surface area contributed by atoms with E-state index in [1.165, 1.54) is 0 Å². The molecule has 0 bridgehead atoms. The van der Waals surface area contributed by atoms with Crippen molar-refractivity contribution in [1.29, 1.82) is 0 Å². The summed E-state index contributed by atoms with van der Waals surface area (Å²) < 4.78 is 30.6. The Bertz CT molecular complexity index is 205. The SMILES string of the molecule is O=S(=O)(O)NCCCSCCCO. The van der Waals surface area contributed by atoms with Crippen LogP contribution in [0, 0.1) is 0 Å². The van der Waals surface area contributed by atoms with Crippen LogP contribution in [-0.4, -0.2) is 42.7 Å². The topological polar surface area (TPSA) is 86.6 Å². The molecule has 0 amide bonds. The van der Waals surface area contributed by atoms with Crippen LogP contribution < -0.4 is 4.72 Å². The highest BCUT2D eigenvalue weighted by Gasteiger charge is 2.00. The third-order valence-electron chi connectivity index (χ3n) is 1.20. The fraction of sp³-hybridized carbons (Fsp3) is 1.00. The zero-order chi connectivity index (χ0) is 10.2. The molecular weight excluding hydrogens is 214 g/mol. The molecule has 0 unspecified atom stereocenters. The smallest absolute Gasteiger partial charge is 0.333 e. The van der Waals surface area contributed by atoms with Crippen LogP contribution in [0.1, 0.15) is 12.8 Å². The highest BCUT2D eigenvalue weighted by Crippen LogP contribution is 2.03. The van der Waals surface area contributed by atoms with Crippen molar-refractivity contribution < 1.29 is 18.1 Å². The molecule has 80 valence electrons. The van der Waals surface area contributed by atoms with Crippen LogP contribution in [0.5, 0.6) is 0 Å². The monoisotopic (exact) mass is 229 g/mol. The van der Waals surface area contributed by atoms with E-state index >= 15 is 0 Å². The van der Waals surface area contributed by atoms with Crippen LogP contribution in [0.25, 0.3) is 0 Å². The van der Waals surface area contributed by atoms with E-state index in [2.05, 4.69) is 0 Å². The van der Waals surface area contributed by atoms with Crippen molar-refractivity contribution in [2.24, 2.45) is 0 Å². The van der Waals surface area contributed by atoms with Crippen molar-refractivity contribution in [2.75, 3.05) is 24.7 Å². The predicted molar refractivity (Wildman–Crippen MR) is 53.2 cm³/mol. The quantitative estimate of drug-likeness (QED) is 0.399. The molecule has 0 atom stereocenters. The van der Waals surface area contributed by atoms with Gasteiger partial charge in [0.25, 0.3) is 0 Å². The van der Waals surface area contributed by atoms with Gasteiger partial charge in [-0.05, 0) is 24.3 Å². The van der Waals surface area contributed by atoms with Crippen molar-refractivity contribution >= 4 is 22.1 Å². The lowest BCUT2D eigenvalue weighted by Crippen LogP contribution is -2.23. The van der Waals surface area contributed by atoms with Crippen LogP contribution >= 0.6 is 11.8 Å². The standard InChI is InChI=1S/C6H15NO4S2/c8-4-2-6-12-5-1-3-7-13(9,10)11/h7-8H,1-6H2,(H,9,10,11). The van der Waals surface area contributed by atoms with Gasteiger partial charge in [-0.25, -0.2) is 0 Å². The lowest BCUT2D eigenvalue weighted by molar-refractivity contribution is 0.296. The Morgan fingerprint density at radius 2 is 1.85 bits per heavy atom. The normalized spacial score (nSPS) is 11.8. The van der Waals surface area contributed by atoms with Gasteiger partial charge in [0.1, 0.15) is 0 Å². The van der Waals surface area contributed by atoms with Crippen molar-refractivity contribution in [2.45, 2.75) is 12.8 Å². The first-order valence-electron chi connectivity index (χ1n) is 3.97. The molecule has 0 aromatic rings. The van der Waals surface area contributed by atoms with Gasteiger partial charge in [0.15, 0.2) is 0 Å². The third-order valence-corrected chi connectivity index (χ3v) is 2.92. The number of nitrogens with one attached hydrogen (secondary N) is 1. The molecular formula is C6H15NO4S2. The molecule has 5 nitrogen and oxygen atoms in total. The van der Waals surface area contributed by atoms with Gasteiger partial charge < -0.3 is 5.11 Å². The number of hydrogen-bond acceptors (Lipinski definition) is 4. The lowest BCUT2D eigenvalue weighted by atomic mass is 10.5. The first kappa shape index (κ1) is 13.2. The van der Waals surface area contributed by atoms with Gasteiger partial charge in [-0.1, -0.05) is 0 Å². The Morgan fingerprint density at radius 1 is 1.23 bits per heavy atom. The molecule has 0 heterocycles. The maximum atomic E-state index is 10.2. The van der Waals surface area contributed by atoms with Crippen LogP contribution in [0.3, 0.4) is 0 Å². The lowest BCUT2D eigenvalue weighted by Gasteiger charge is -2.00. The van der Waals surface area contributed by atoms with Gasteiger partial charge in [-0.3, -0.25) is 4.55 Å². The van der Waals surface area contributed by atoms with Gasteiger partial charge in [0, 0.05) is 13.2 Å². The van der Waals surface area contributed by atoms with E-state index in [0.717, 1.165) is 17.9 Å². The minimum Gasteiger partial charge on any atom is -0.396 e. The zero-order valence-corrected chi connectivity index (χ0v) is 8.90. The van der Waals surface area contributed by atoms with Gasteiger partial charge in [-0.15, -0.1) is 0 Å². The molecule has 0 fully saturated rings. The van der Waals surface area contributed by atoms with Gasteiger partial charge in [0.2, 0.25) is 0 Å². The molecule has 0 aliphatic heterocycles. The predicted octanol–water partition coefficient (Wildman–Crippen LogP) is -0.115. The fourth-order valence-corrected chi connectivity index (χ4v) is 1.93. The molecule has 7 heteroatoms. The summed E-state index contributed by atoms with van der Waals surface area (Å²) in [6, 6.07) is 0. The molecule has 3 N–H and O–H groups in total. The first-order chi connectivity index (χ1) is 6.06. The first-order valence-corrected chi connectivity index (χ1v) is 6.56. The molecule has 13 heavy (non-hydrogen) atoms. The largest absolute Gasteiger partial charge is 0.396 e. The summed E-state index contributed by atoms with van der Waals surface area (Å²) in [5.41, 5.74) is 0. The summed E-state index contributed by atoms with van der Waals surface area (Å²) in [5.74, 6) is 1.70. The van der Waals surface area contributed by atoms with Gasteiger partial charge >= 0.3 is 10.3 Å². The molecule has 0 saturated carbocycles. The molecule has 0 aromatic carbocycles. The number of thioether (sulfide) groups is 1. The molecule has 0 spiro atoms. The summed E-state index contributed by atoms with van der Waals surface area (Å²) in [5, 5.41) is 8.44. The molecule has 0 aromatic heterocycles. The third kappa shape index (κ3) is 12.2. The van der Waals surface area contributed by atoms with Crippen molar-refractivity contribution in [3.8, 4) is 0 Å². The average Bonchev–Trinajstić information content (AvgIpc) is 2.01. The highest BCUT2D eigenvalue weighted by atomic mass is 32.2. The summed E-state index contributed by atoms with van der Waals surface area (Å²) in [7, 11) is -4.02. The summed E-state index contributed by atoms with van der Waals surface area (Å²) >= 11 is 1.65. The molecule has 0 aliphatic rings. The van der Waals surface area contributed by atoms with E-state index in [1.54, 1.807) is 11.8 Å². The number of rotatable bonds is 8. The maximum absolute atomic E-state index is 10.2. The van der Waals surface area contributed by atoms with Crippen LogP contribution in [-0.2, 0) is 10.3 Å². The summed E-state index contributed by atoms with van der Waals surface area (Å²) in [6.07, 6.45) is 1.44. The van der Waals surface area contributed by atoms with E-state index in [0.29, 0.717) is 6.42 Å². The van der Waals surface area contributed by atoms with E-state index in [1.807, 2.05) is 4.72 Å². The molecule has 0 saturated heterocycles. The average molecular weight is 229 g/mol. The van der Waals surface area contributed by atoms with Gasteiger partial charge in [-0.2, -0.15) is 24.9 Å². The Balaban J connectivity index is 3.09. The van der Waals surface area contributed by atoms with Crippen LogP contribution in [0.4, 0.5) is 0 Å². The van der Waals surface area contributed by atoms with Crippen molar-refractivity contribution in [3.05, 3.63) is 0 Å². The Hall–Kier alpha value is 0.180. The zero-order valence-electron chi connectivity index (χ0n) is 7.27. The van der Waals surface area contributed by atoms with Crippen LogP contribution in [0.2, 0.25) is 0 Å². The minimum absolute atomic E-state index is 0.191. The second kappa shape index (κ2) is 7.57. The second-order valence-corrected chi connectivity index (χ2v) is 4.88. The molecule has 0 aliphatic carbocycles. The van der Waals surface area contributed by atoms with Crippen LogP contribution in [0.15, 0.2) is 0 Å². The van der Waals surface area contributed by atoms with Crippen molar-refractivity contribution in [3.63, 3.8) is 0 Å². The Kier molecular flexibility index (Phi) is 7.68. The number of aliphatic hydroxyl groups excluding tert-OH is 1. The Morgan fingerprint density at radius 3 is 2.38 bits per heavy atom. The van der Waals surface area contributed by atoms with E-state index in [-0.39, 0.29) is 13.2 Å². The summed E-state index contributed by atoms with van der Waals surface area (Å²) in [6.45, 7) is 0.446. The highest BCUT2D eigenvalue weighted by molar-refractivity contribution is 7.99. The number of aliphatic hydroxyl groups is 1. The van der Waals surface area contributed by atoms with E-state index in [4.69, 9.17) is 9.66 Å². The summed E-state index contributed by atoms with van der Waals surface area (Å²) in [4.78, 5) is 0. The maximum Gasteiger partial charge on any atom is 0.333 e. The Labute approximate surface area is 82.8 Å². The van der Waals surface area contributed by atoms with E-state index in [9.17, 15) is 8.42 Å². The van der Waals surface area contributed by atoms with Gasteiger partial charge in [0.05, 0.1) is 0 Å². The molecule has 0 radical (unpaired) electrons. The minimum atomic E-state index is -4.02. The fourth-order valence-electron chi connectivity index (χ4n) is 0.644. The number of hydrogen-bond donors (Lipinski definition) is 3. The van der Waals surface area contributed by atoms with E-state index < -0.39 is 10.3 Å².